The van der Waals surface area contributed by atoms with Gasteiger partial charge < -0.3 is 5.32 Å². The molecule has 0 radical (unpaired) electrons. The predicted octanol–water partition coefficient (Wildman–Crippen LogP) is 3.26. The molecule has 0 unspecified atom stereocenters. The van der Waals surface area contributed by atoms with Crippen LogP contribution in [0.1, 0.15) is 44.1 Å². The fourth-order valence-corrected chi connectivity index (χ4v) is 4.03. The highest BCUT2D eigenvalue weighted by atomic mass is 32.1. The molecule has 104 valence electrons. The van der Waals surface area contributed by atoms with Crippen molar-refractivity contribution < 1.29 is 4.79 Å². The number of nitrogens with one attached hydrogen (secondary N) is 1. The Morgan fingerprint density at radius 1 is 1.40 bits per heavy atom. The van der Waals surface area contributed by atoms with Gasteiger partial charge in [0.1, 0.15) is 0 Å². The number of amides is 1. The van der Waals surface area contributed by atoms with Crippen molar-refractivity contribution in [3.8, 4) is 0 Å². The first kappa shape index (κ1) is 13.3. The van der Waals surface area contributed by atoms with Crippen LogP contribution in [-0.4, -0.2) is 10.9 Å². The third-order valence-corrected chi connectivity index (χ3v) is 4.96. The van der Waals surface area contributed by atoms with E-state index in [0.717, 1.165) is 28.8 Å². The minimum absolute atomic E-state index is 0.0609. The number of aromatic nitrogens is 1. The number of fused-ring (bicyclic) bond motifs is 1. The molecule has 0 aliphatic heterocycles. The molecule has 3 rings (SSSR count). The molecule has 0 saturated heterocycles. The van der Waals surface area contributed by atoms with Crippen LogP contribution in [0.15, 0.2) is 24.5 Å². The highest BCUT2D eigenvalue weighted by Gasteiger charge is 2.22. The van der Waals surface area contributed by atoms with E-state index in [1.54, 1.807) is 23.7 Å². The van der Waals surface area contributed by atoms with Gasteiger partial charge in [-0.2, -0.15) is 0 Å². The molecule has 1 aliphatic carbocycles. The molecule has 0 fully saturated rings. The Bertz CT molecular complexity index is 619. The van der Waals surface area contributed by atoms with Crippen molar-refractivity contribution in [2.45, 2.75) is 39.2 Å². The topological polar surface area (TPSA) is 42.0 Å². The quantitative estimate of drug-likeness (QED) is 0.941. The van der Waals surface area contributed by atoms with E-state index >= 15 is 0 Å². The summed E-state index contributed by atoms with van der Waals surface area (Å²) in [6, 6.07) is 3.86. The zero-order valence-corrected chi connectivity index (χ0v) is 12.4. The van der Waals surface area contributed by atoms with Gasteiger partial charge in [0, 0.05) is 28.7 Å². The van der Waals surface area contributed by atoms with Crippen LogP contribution >= 0.6 is 11.3 Å². The summed E-state index contributed by atoms with van der Waals surface area (Å²) < 4.78 is 0. The molecule has 0 saturated carbocycles. The summed E-state index contributed by atoms with van der Waals surface area (Å²) in [5.74, 6) is 0.0609. The second-order valence-electron chi connectivity index (χ2n) is 5.19. The fraction of sp³-hybridized carbons (Fsp3) is 0.375. The SMILES string of the molecule is Cc1sc2c(c1C(=O)NCc1cccnc1)CCCC2. The van der Waals surface area contributed by atoms with Crippen LogP contribution in [0.3, 0.4) is 0 Å². The third-order valence-electron chi connectivity index (χ3n) is 3.75. The summed E-state index contributed by atoms with van der Waals surface area (Å²) in [7, 11) is 0. The smallest absolute Gasteiger partial charge is 0.252 e. The average Bonchev–Trinajstić information content (AvgIpc) is 2.82. The molecule has 3 nitrogen and oxygen atoms in total. The normalized spacial score (nSPS) is 13.8. The highest BCUT2D eigenvalue weighted by Crippen LogP contribution is 2.33. The van der Waals surface area contributed by atoms with E-state index in [-0.39, 0.29) is 5.91 Å². The molecule has 0 aromatic carbocycles. The molecule has 0 bridgehead atoms. The molecule has 0 atom stereocenters. The summed E-state index contributed by atoms with van der Waals surface area (Å²) in [4.78, 5) is 19.1. The Morgan fingerprint density at radius 2 is 2.25 bits per heavy atom. The number of hydrogen-bond acceptors (Lipinski definition) is 3. The number of carbonyl (C=O) groups excluding carboxylic acids is 1. The third kappa shape index (κ3) is 2.61. The Morgan fingerprint density at radius 3 is 3.05 bits per heavy atom. The lowest BCUT2D eigenvalue weighted by Gasteiger charge is -2.13. The number of nitrogens with zero attached hydrogens (tertiary/aromatic N) is 1. The van der Waals surface area contributed by atoms with E-state index in [1.165, 1.54) is 23.3 Å². The van der Waals surface area contributed by atoms with Crippen molar-refractivity contribution in [3.63, 3.8) is 0 Å². The molecule has 1 N–H and O–H groups in total. The molecule has 2 heterocycles. The van der Waals surface area contributed by atoms with Crippen molar-refractivity contribution >= 4 is 17.2 Å². The van der Waals surface area contributed by atoms with E-state index in [0.29, 0.717) is 6.54 Å². The molecular formula is C16H18N2OS. The van der Waals surface area contributed by atoms with Gasteiger partial charge in [0.25, 0.3) is 5.91 Å². The van der Waals surface area contributed by atoms with Crippen LogP contribution in [0.2, 0.25) is 0 Å². The molecule has 1 aliphatic rings. The second-order valence-corrected chi connectivity index (χ2v) is 6.50. The number of thiophene rings is 1. The van der Waals surface area contributed by atoms with E-state index in [1.807, 2.05) is 12.1 Å². The van der Waals surface area contributed by atoms with E-state index in [2.05, 4.69) is 17.2 Å². The van der Waals surface area contributed by atoms with Crippen LogP contribution < -0.4 is 5.32 Å². The van der Waals surface area contributed by atoms with Gasteiger partial charge in [-0.1, -0.05) is 6.07 Å². The Balaban J connectivity index is 1.76. The van der Waals surface area contributed by atoms with Gasteiger partial charge in [-0.3, -0.25) is 9.78 Å². The molecule has 2 aromatic heterocycles. The van der Waals surface area contributed by atoms with E-state index in [9.17, 15) is 4.79 Å². The first-order chi connectivity index (χ1) is 9.75. The van der Waals surface area contributed by atoms with Crippen LogP contribution in [-0.2, 0) is 19.4 Å². The number of rotatable bonds is 3. The lowest BCUT2D eigenvalue weighted by atomic mass is 9.94. The molecule has 20 heavy (non-hydrogen) atoms. The summed E-state index contributed by atoms with van der Waals surface area (Å²) >= 11 is 1.79. The van der Waals surface area contributed by atoms with Crippen LogP contribution in [0.5, 0.6) is 0 Å². The monoisotopic (exact) mass is 286 g/mol. The van der Waals surface area contributed by atoms with Crippen molar-refractivity contribution in [1.82, 2.24) is 10.3 Å². The largest absolute Gasteiger partial charge is 0.348 e. The van der Waals surface area contributed by atoms with Gasteiger partial charge >= 0.3 is 0 Å². The first-order valence-electron chi connectivity index (χ1n) is 7.04. The lowest BCUT2D eigenvalue weighted by molar-refractivity contribution is 0.0949. The molecule has 2 aromatic rings. The number of aryl methyl sites for hydroxylation is 2. The molecule has 1 amide bonds. The van der Waals surface area contributed by atoms with E-state index in [4.69, 9.17) is 0 Å². The molecular weight excluding hydrogens is 268 g/mol. The summed E-state index contributed by atoms with van der Waals surface area (Å²) in [6.45, 7) is 2.60. The van der Waals surface area contributed by atoms with Crippen LogP contribution in [0, 0.1) is 6.92 Å². The molecule has 4 heteroatoms. The second kappa shape index (κ2) is 5.75. The Hall–Kier alpha value is -1.68. The van der Waals surface area contributed by atoms with Gasteiger partial charge in [-0.05, 0) is 49.8 Å². The number of hydrogen-bond donors (Lipinski definition) is 1. The number of carbonyl (C=O) groups is 1. The standard InChI is InChI=1S/C16H18N2OS/c1-11-15(13-6-2-3-7-14(13)20-11)16(19)18-10-12-5-4-8-17-9-12/h4-5,8-9H,2-3,6-7,10H2,1H3,(H,18,19). The van der Waals surface area contributed by atoms with Crippen LogP contribution in [0.25, 0.3) is 0 Å². The first-order valence-corrected chi connectivity index (χ1v) is 7.85. The zero-order valence-electron chi connectivity index (χ0n) is 11.6. The minimum atomic E-state index is 0.0609. The molecule has 0 spiro atoms. The summed E-state index contributed by atoms with van der Waals surface area (Å²) in [5.41, 5.74) is 3.25. The summed E-state index contributed by atoms with van der Waals surface area (Å²) in [5, 5.41) is 3.02. The maximum Gasteiger partial charge on any atom is 0.252 e. The fourth-order valence-electron chi connectivity index (χ4n) is 2.77. The van der Waals surface area contributed by atoms with Crippen molar-refractivity contribution in [2.75, 3.05) is 0 Å². The van der Waals surface area contributed by atoms with Crippen molar-refractivity contribution in [3.05, 3.63) is 51.0 Å². The van der Waals surface area contributed by atoms with Crippen LogP contribution in [0.4, 0.5) is 0 Å². The number of pyridine rings is 1. The highest BCUT2D eigenvalue weighted by molar-refractivity contribution is 7.12. The van der Waals surface area contributed by atoms with Gasteiger partial charge in [0.05, 0.1) is 5.56 Å². The minimum Gasteiger partial charge on any atom is -0.348 e. The lowest BCUT2D eigenvalue weighted by Crippen LogP contribution is -2.24. The van der Waals surface area contributed by atoms with Gasteiger partial charge in [0.2, 0.25) is 0 Å². The van der Waals surface area contributed by atoms with Crippen molar-refractivity contribution in [2.24, 2.45) is 0 Å². The summed E-state index contributed by atoms with van der Waals surface area (Å²) in [6.07, 6.45) is 8.17. The van der Waals surface area contributed by atoms with E-state index < -0.39 is 0 Å². The maximum atomic E-state index is 12.4. The van der Waals surface area contributed by atoms with Gasteiger partial charge in [0.15, 0.2) is 0 Å². The Labute approximate surface area is 123 Å². The van der Waals surface area contributed by atoms with Gasteiger partial charge in [-0.15, -0.1) is 11.3 Å². The van der Waals surface area contributed by atoms with Crippen molar-refractivity contribution in [1.29, 1.82) is 0 Å². The average molecular weight is 286 g/mol. The maximum absolute atomic E-state index is 12.4. The Kier molecular flexibility index (Phi) is 3.83. The van der Waals surface area contributed by atoms with Gasteiger partial charge in [-0.25, -0.2) is 0 Å². The predicted molar refractivity (Wildman–Crippen MR) is 81.1 cm³/mol. The zero-order chi connectivity index (χ0) is 13.9.